The minimum Gasteiger partial charge on any atom is -0.476 e. The molecular weight excluding hydrogens is 402 g/mol. The van der Waals surface area contributed by atoms with E-state index in [4.69, 9.17) is 0 Å². The lowest BCUT2D eigenvalue weighted by Gasteiger charge is -2.10. The van der Waals surface area contributed by atoms with Crippen molar-refractivity contribution in [2.45, 2.75) is 26.9 Å². The summed E-state index contributed by atoms with van der Waals surface area (Å²) in [6.07, 6.45) is 0. The normalized spacial score (nSPS) is 11.1. The minimum atomic E-state index is -1.25. The van der Waals surface area contributed by atoms with Crippen LogP contribution in [-0.2, 0) is 13.1 Å². The molecule has 7 nitrogen and oxygen atoms in total. The summed E-state index contributed by atoms with van der Waals surface area (Å²) >= 11 is 1.65. The molecule has 30 heavy (non-hydrogen) atoms. The molecule has 1 N–H and O–H groups in total. The number of aromatic nitrogens is 3. The summed E-state index contributed by atoms with van der Waals surface area (Å²) in [7, 11) is 0. The first-order chi connectivity index (χ1) is 14.4. The highest BCUT2D eigenvalue weighted by atomic mass is 32.1. The van der Waals surface area contributed by atoms with Crippen LogP contribution >= 0.6 is 11.3 Å². The largest absolute Gasteiger partial charge is 0.476 e. The monoisotopic (exact) mass is 421 g/mol. The quantitative estimate of drug-likeness (QED) is 0.481. The Labute approximate surface area is 175 Å². The lowest BCUT2D eigenvalue weighted by atomic mass is 10.1. The number of carbonyl (C=O) groups is 2. The molecule has 0 aliphatic carbocycles. The van der Waals surface area contributed by atoms with Crippen LogP contribution in [0.15, 0.2) is 52.6 Å². The Kier molecular flexibility index (Phi) is 5.09. The van der Waals surface area contributed by atoms with E-state index in [1.54, 1.807) is 35.6 Å². The number of rotatable bonds is 6. The number of carboxylic acids is 1. The molecule has 0 unspecified atom stereocenters. The second-order valence-corrected chi connectivity index (χ2v) is 8.07. The molecule has 8 heteroatoms. The third-order valence-corrected chi connectivity index (χ3v) is 5.99. The molecule has 0 aliphatic rings. The van der Waals surface area contributed by atoms with E-state index >= 15 is 0 Å². The van der Waals surface area contributed by atoms with E-state index in [2.05, 4.69) is 9.67 Å². The smallest absolute Gasteiger partial charge is 0.357 e. The molecule has 152 valence electrons. The summed E-state index contributed by atoms with van der Waals surface area (Å²) in [5, 5.41) is 15.9. The second kappa shape index (κ2) is 7.72. The summed E-state index contributed by atoms with van der Waals surface area (Å²) in [6, 6.07) is 12.2. The van der Waals surface area contributed by atoms with Crippen molar-refractivity contribution in [1.82, 2.24) is 14.3 Å². The van der Waals surface area contributed by atoms with Gasteiger partial charge in [0, 0.05) is 27.2 Å². The maximum atomic E-state index is 13.0. The molecule has 0 atom stereocenters. The van der Waals surface area contributed by atoms with Crippen molar-refractivity contribution in [1.29, 1.82) is 0 Å². The van der Waals surface area contributed by atoms with E-state index in [1.807, 2.05) is 31.4 Å². The number of carboxylic acid groups (broad SMARTS) is 1. The zero-order valence-corrected chi connectivity index (χ0v) is 17.3. The summed E-state index contributed by atoms with van der Waals surface area (Å²) < 4.78 is 3.00. The number of fused-ring (bicyclic) bond motifs is 1. The first-order valence-corrected chi connectivity index (χ1v) is 10.2. The highest BCUT2D eigenvalue weighted by Crippen LogP contribution is 2.20. The van der Waals surface area contributed by atoms with Gasteiger partial charge in [0.2, 0.25) is 0 Å². The molecule has 0 saturated heterocycles. The Morgan fingerprint density at radius 2 is 1.83 bits per heavy atom. The van der Waals surface area contributed by atoms with Crippen LogP contribution in [0.25, 0.3) is 10.8 Å². The standard InChI is InChI=1S/C22H19N3O4S/c1-13-10-18(14(2)24(13)11-15-6-5-9-30-15)19(26)12-25-21(27)17-8-4-3-7-16(17)20(23-25)22(28)29/h3-10H,11-12H2,1-2H3,(H,28,29). The highest BCUT2D eigenvalue weighted by molar-refractivity contribution is 7.09. The van der Waals surface area contributed by atoms with Gasteiger partial charge in [0.15, 0.2) is 11.5 Å². The molecule has 0 amide bonds. The van der Waals surface area contributed by atoms with Crippen molar-refractivity contribution in [3.05, 3.63) is 85.7 Å². The van der Waals surface area contributed by atoms with Gasteiger partial charge in [-0.25, -0.2) is 9.48 Å². The van der Waals surface area contributed by atoms with Crippen LogP contribution in [0.1, 0.15) is 37.1 Å². The fraction of sp³-hybridized carbons (Fsp3) is 0.182. The van der Waals surface area contributed by atoms with Gasteiger partial charge in [0.1, 0.15) is 6.54 Å². The van der Waals surface area contributed by atoms with Gasteiger partial charge >= 0.3 is 5.97 Å². The topological polar surface area (TPSA) is 94.2 Å². The van der Waals surface area contributed by atoms with E-state index in [0.29, 0.717) is 12.1 Å². The van der Waals surface area contributed by atoms with Gasteiger partial charge in [0.25, 0.3) is 5.56 Å². The van der Waals surface area contributed by atoms with E-state index < -0.39 is 11.5 Å². The molecule has 0 radical (unpaired) electrons. The molecule has 0 aliphatic heterocycles. The molecule has 0 bridgehead atoms. The molecule has 0 saturated carbocycles. The maximum absolute atomic E-state index is 13.0. The number of benzene rings is 1. The Bertz CT molecular complexity index is 1330. The number of Topliss-reactive ketones (excluding diaryl/α,β-unsaturated/α-hetero) is 1. The van der Waals surface area contributed by atoms with Crippen molar-refractivity contribution in [2.24, 2.45) is 0 Å². The van der Waals surface area contributed by atoms with E-state index in [9.17, 15) is 19.5 Å². The number of aryl methyl sites for hydroxylation is 1. The average molecular weight is 421 g/mol. The van der Waals surface area contributed by atoms with Gasteiger partial charge < -0.3 is 9.67 Å². The molecule has 4 aromatic rings. The van der Waals surface area contributed by atoms with Crippen LogP contribution in [0.2, 0.25) is 0 Å². The first-order valence-electron chi connectivity index (χ1n) is 9.32. The fourth-order valence-corrected chi connectivity index (χ4v) is 4.30. The van der Waals surface area contributed by atoms with Crippen LogP contribution < -0.4 is 5.56 Å². The van der Waals surface area contributed by atoms with Crippen molar-refractivity contribution in [2.75, 3.05) is 0 Å². The third-order valence-electron chi connectivity index (χ3n) is 5.13. The number of nitrogens with zero attached hydrogens (tertiary/aromatic N) is 3. The number of hydrogen-bond acceptors (Lipinski definition) is 5. The number of hydrogen-bond donors (Lipinski definition) is 1. The summed E-state index contributed by atoms with van der Waals surface area (Å²) in [5.74, 6) is -1.54. The average Bonchev–Trinajstić information content (AvgIpc) is 3.33. The van der Waals surface area contributed by atoms with Crippen molar-refractivity contribution in [3.8, 4) is 0 Å². The van der Waals surface area contributed by atoms with E-state index in [1.165, 1.54) is 10.9 Å². The first kappa shape index (κ1) is 19.8. The number of carbonyl (C=O) groups excluding carboxylic acids is 1. The van der Waals surface area contributed by atoms with Crippen LogP contribution in [0.3, 0.4) is 0 Å². The third kappa shape index (κ3) is 3.46. The number of aromatic carboxylic acids is 1. The summed E-state index contributed by atoms with van der Waals surface area (Å²) in [6.45, 7) is 4.14. The number of ketones is 1. The maximum Gasteiger partial charge on any atom is 0.357 e. The molecule has 0 spiro atoms. The second-order valence-electron chi connectivity index (χ2n) is 7.04. The van der Waals surface area contributed by atoms with E-state index in [0.717, 1.165) is 16.1 Å². The predicted octanol–water partition coefficient (Wildman–Crippen LogP) is 3.51. The Hall–Kier alpha value is -3.52. The molecular formula is C22H19N3O4S. The van der Waals surface area contributed by atoms with Gasteiger partial charge in [-0.1, -0.05) is 24.3 Å². The highest BCUT2D eigenvalue weighted by Gasteiger charge is 2.20. The van der Waals surface area contributed by atoms with Crippen molar-refractivity contribution >= 4 is 33.9 Å². The Morgan fingerprint density at radius 1 is 1.10 bits per heavy atom. The Balaban J connectivity index is 1.71. The fourth-order valence-electron chi connectivity index (χ4n) is 3.61. The zero-order chi connectivity index (χ0) is 21.4. The number of thiophene rings is 1. The van der Waals surface area contributed by atoms with Crippen LogP contribution in [0, 0.1) is 13.8 Å². The van der Waals surface area contributed by atoms with Gasteiger partial charge in [0.05, 0.1) is 11.9 Å². The van der Waals surface area contributed by atoms with Gasteiger partial charge in [-0.3, -0.25) is 9.59 Å². The predicted molar refractivity (Wildman–Crippen MR) is 115 cm³/mol. The van der Waals surface area contributed by atoms with Gasteiger partial charge in [-0.2, -0.15) is 5.10 Å². The molecule has 4 rings (SSSR count). The lowest BCUT2D eigenvalue weighted by molar-refractivity contribution is 0.0688. The zero-order valence-electron chi connectivity index (χ0n) is 16.5. The van der Waals surface area contributed by atoms with Gasteiger partial charge in [-0.05, 0) is 37.4 Å². The molecule has 3 heterocycles. The molecule has 1 aromatic carbocycles. The van der Waals surface area contributed by atoms with Crippen molar-refractivity contribution in [3.63, 3.8) is 0 Å². The summed E-state index contributed by atoms with van der Waals surface area (Å²) in [4.78, 5) is 38.6. The lowest BCUT2D eigenvalue weighted by Crippen LogP contribution is -2.29. The minimum absolute atomic E-state index is 0.223. The van der Waals surface area contributed by atoms with Crippen molar-refractivity contribution < 1.29 is 14.7 Å². The van der Waals surface area contributed by atoms with Crippen LogP contribution in [0.5, 0.6) is 0 Å². The van der Waals surface area contributed by atoms with Gasteiger partial charge in [-0.15, -0.1) is 11.3 Å². The molecule has 0 fully saturated rings. The molecule has 3 aromatic heterocycles. The van der Waals surface area contributed by atoms with Crippen LogP contribution in [0.4, 0.5) is 0 Å². The Morgan fingerprint density at radius 3 is 2.50 bits per heavy atom. The summed E-state index contributed by atoms with van der Waals surface area (Å²) in [5.41, 5.74) is 1.51. The van der Waals surface area contributed by atoms with E-state index in [-0.39, 0.29) is 28.8 Å². The van der Waals surface area contributed by atoms with Crippen LogP contribution in [-0.4, -0.2) is 31.2 Å². The SMILES string of the molecule is Cc1cc(C(=O)Cn2nc(C(=O)O)c3ccccc3c2=O)c(C)n1Cc1cccs1.